The van der Waals surface area contributed by atoms with Crippen molar-refractivity contribution in [3.63, 3.8) is 0 Å². The number of amides is 1. The zero-order valence-electron chi connectivity index (χ0n) is 23.6. The van der Waals surface area contributed by atoms with Gasteiger partial charge in [0, 0.05) is 61.9 Å². The minimum absolute atomic E-state index is 0.106. The number of rotatable bonds is 8. The van der Waals surface area contributed by atoms with Crippen molar-refractivity contribution in [2.75, 3.05) is 18.4 Å². The third-order valence-electron chi connectivity index (χ3n) is 7.66. The van der Waals surface area contributed by atoms with Crippen LogP contribution < -0.4 is 10.1 Å². The summed E-state index contributed by atoms with van der Waals surface area (Å²) in [7, 11) is 2.04. The fraction of sp³-hybridized carbons (Fsp3) is 0.281. The molecule has 1 saturated heterocycles. The largest absolute Gasteiger partial charge is 0.474 e. The van der Waals surface area contributed by atoms with E-state index < -0.39 is 0 Å². The highest BCUT2D eigenvalue weighted by Gasteiger charge is 2.23. The monoisotopic (exact) mass is 581 g/mol. The maximum Gasteiger partial charge on any atom is 0.257 e. The van der Waals surface area contributed by atoms with E-state index in [0.29, 0.717) is 28.6 Å². The summed E-state index contributed by atoms with van der Waals surface area (Å²) in [4.78, 5) is 33.2. The van der Waals surface area contributed by atoms with Crippen molar-refractivity contribution in [3.05, 3.63) is 107 Å². The number of hydrogen-bond donors (Lipinski definition) is 1. The van der Waals surface area contributed by atoms with Crippen LogP contribution in [0.1, 0.15) is 46.0 Å². The summed E-state index contributed by atoms with van der Waals surface area (Å²) in [5, 5.41) is 3.69. The normalized spacial score (nSPS) is 14.3. The van der Waals surface area contributed by atoms with Gasteiger partial charge in [0.05, 0.1) is 23.1 Å². The maximum atomic E-state index is 12.7. The number of anilines is 1. The lowest BCUT2D eigenvalue weighted by molar-refractivity contribution is 0.0912. The third kappa shape index (κ3) is 6.42. The molecule has 0 spiro atoms. The molecule has 0 aliphatic carbocycles. The summed E-state index contributed by atoms with van der Waals surface area (Å²) in [6.45, 7) is 4.45. The predicted octanol–water partition coefficient (Wildman–Crippen LogP) is 5.61. The van der Waals surface area contributed by atoms with Gasteiger partial charge in [-0.2, -0.15) is 4.98 Å². The van der Waals surface area contributed by atoms with Crippen molar-refractivity contribution in [2.24, 2.45) is 7.05 Å². The van der Waals surface area contributed by atoms with Crippen molar-refractivity contribution < 1.29 is 9.53 Å². The van der Waals surface area contributed by atoms with Gasteiger partial charge >= 0.3 is 0 Å². The molecule has 6 rings (SSSR count). The molecule has 10 heteroatoms. The minimum Gasteiger partial charge on any atom is -0.474 e. The molecule has 214 valence electrons. The van der Waals surface area contributed by atoms with Crippen LogP contribution in [0, 0.1) is 6.92 Å². The highest BCUT2D eigenvalue weighted by Crippen LogP contribution is 2.24. The molecule has 1 fully saturated rings. The Hall–Kier alpha value is -4.34. The van der Waals surface area contributed by atoms with Crippen molar-refractivity contribution >= 4 is 34.2 Å². The number of ether oxygens (including phenoxy) is 1. The second-order valence-electron chi connectivity index (χ2n) is 10.6. The van der Waals surface area contributed by atoms with Crippen molar-refractivity contribution in [1.82, 2.24) is 29.4 Å². The van der Waals surface area contributed by atoms with Gasteiger partial charge in [-0.25, -0.2) is 9.97 Å². The van der Waals surface area contributed by atoms with Gasteiger partial charge in [0.1, 0.15) is 17.8 Å². The number of imidazole rings is 1. The van der Waals surface area contributed by atoms with E-state index in [9.17, 15) is 4.79 Å². The van der Waals surface area contributed by atoms with E-state index >= 15 is 0 Å². The molecule has 1 N–H and O–H groups in total. The summed E-state index contributed by atoms with van der Waals surface area (Å²) >= 11 is 6.00. The number of nitrogens with zero attached hydrogens (tertiary/aromatic N) is 6. The summed E-state index contributed by atoms with van der Waals surface area (Å²) in [6.07, 6.45) is 7.57. The van der Waals surface area contributed by atoms with Crippen LogP contribution in [0.25, 0.3) is 11.0 Å². The summed E-state index contributed by atoms with van der Waals surface area (Å²) < 4.78 is 8.37. The van der Waals surface area contributed by atoms with Crippen LogP contribution in [0.3, 0.4) is 0 Å². The molecule has 0 bridgehead atoms. The Morgan fingerprint density at radius 1 is 1.05 bits per heavy atom. The molecule has 0 radical (unpaired) electrons. The van der Waals surface area contributed by atoms with Gasteiger partial charge in [-0.3, -0.25) is 14.7 Å². The van der Waals surface area contributed by atoms with Crippen LogP contribution in [0.5, 0.6) is 5.88 Å². The SMILES string of the molecule is Cc1ccncc1C(=O)Nc1ccc2c(c1)nc(CN1CCC(Oc3ccnc(Cc4ccc(Cl)cc4)n3)CC1)n2C. The van der Waals surface area contributed by atoms with E-state index in [-0.39, 0.29) is 12.0 Å². The number of nitrogens with one attached hydrogen (secondary N) is 1. The smallest absolute Gasteiger partial charge is 0.257 e. The van der Waals surface area contributed by atoms with Gasteiger partial charge in [-0.15, -0.1) is 0 Å². The Morgan fingerprint density at radius 3 is 2.64 bits per heavy atom. The highest BCUT2D eigenvalue weighted by atomic mass is 35.5. The van der Waals surface area contributed by atoms with Crippen molar-refractivity contribution in [1.29, 1.82) is 0 Å². The lowest BCUT2D eigenvalue weighted by Crippen LogP contribution is -2.38. The van der Waals surface area contributed by atoms with Crippen LogP contribution in [0.4, 0.5) is 5.69 Å². The Morgan fingerprint density at radius 2 is 1.86 bits per heavy atom. The lowest BCUT2D eigenvalue weighted by Gasteiger charge is -2.31. The zero-order valence-corrected chi connectivity index (χ0v) is 24.4. The van der Waals surface area contributed by atoms with Gasteiger partial charge in [0.2, 0.25) is 5.88 Å². The van der Waals surface area contributed by atoms with E-state index in [1.54, 1.807) is 18.6 Å². The number of fused-ring (bicyclic) bond motifs is 1. The summed E-state index contributed by atoms with van der Waals surface area (Å²) in [6, 6.07) is 17.2. The third-order valence-corrected chi connectivity index (χ3v) is 7.91. The Balaban J connectivity index is 1.04. The molecule has 3 aromatic heterocycles. The van der Waals surface area contributed by atoms with Gasteiger partial charge in [0.15, 0.2) is 0 Å². The molecular formula is C32H32ClN7O2. The average Bonchev–Trinajstić information content (AvgIpc) is 3.29. The lowest BCUT2D eigenvalue weighted by atomic mass is 10.1. The van der Waals surface area contributed by atoms with Crippen LogP contribution in [-0.4, -0.2) is 54.5 Å². The summed E-state index contributed by atoms with van der Waals surface area (Å²) in [5.41, 5.74) is 5.13. The maximum absolute atomic E-state index is 12.7. The predicted molar refractivity (Wildman–Crippen MR) is 163 cm³/mol. The van der Waals surface area contributed by atoms with E-state index in [1.807, 2.05) is 68.6 Å². The quantitative estimate of drug-likeness (QED) is 0.254. The topological polar surface area (TPSA) is 98.1 Å². The molecule has 2 aromatic carbocycles. The minimum atomic E-state index is -0.180. The number of piperidine rings is 1. The Bertz CT molecular complexity index is 1710. The molecule has 9 nitrogen and oxygen atoms in total. The van der Waals surface area contributed by atoms with Crippen LogP contribution in [0.2, 0.25) is 5.02 Å². The molecule has 0 atom stereocenters. The first kappa shape index (κ1) is 27.8. The molecule has 0 unspecified atom stereocenters. The second kappa shape index (κ2) is 12.3. The molecule has 5 aromatic rings. The number of likely N-dealkylation sites (tertiary alicyclic amines) is 1. The van der Waals surface area contributed by atoms with Gasteiger partial charge in [-0.05, 0) is 67.3 Å². The molecule has 1 aliphatic heterocycles. The number of halogens is 1. The number of carbonyl (C=O) groups is 1. The van der Waals surface area contributed by atoms with E-state index in [1.165, 1.54) is 0 Å². The molecule has 1 aliphatic rings. The van der Waals surface area contributed by atoms with E-state index in [0.717, 1.165) is 66.3 Å². The fourth-order valence-electron chi connectivity index (χ4n) is 5.24. The zero-order chi connectivity index (χ0) is 29.1. The first-order valence-corrected chi connectivity index (χ1v) is 14.4. The standard InChI is InChI=1S/C32H32ClN7O2/c1-21-9-13-34-19-26(21)32(41)36-24-7-8-28-27(18-24)37-30(39(28)2)20-40-15-11-25(12-16-40)42-31-10-14-35-29(38-31)17-22-3-5-23(33)6-4-22/h3-10,13-14,18-19,25H,11-12,15-17,20H2,1-2H3,(H,36,41). The molecule has 4 heterocycles. The Kier molecular flexibility index (Phi) is 8.12. The average molecular weight is 582 g/mol. The van der Waals surface area contributed by atoms with Crippen molar-refractivity contribution in [3.8, 4) is 5.88 Å². The number of hydrogen-bond acceptors (Lipinski definition) is 7. The molecule has 1 amide bonds. The van der Waals surface area contributed by atoms with Gasteiger partial charge < -0.3 is 14.6 Å². The number of aromatic nitrogens is 5. The van der Waals surface area contributed by atoms with Gasteiger partial charge in [0.25, 0.3) is 5.91 Å². The second-order valence-corrected chi connectivity index (χ2v) is 11.1. The number of aryl methyl sites for hydroxylation is 2. The first-order valence-electron chi connectivity index (χ1n) is 14.0. The molecule has 42 heavy (non-hydrogen) atoms. The van der Waals surface area contributed by atoms with Crippen LogP contribution in [-0.2, 0) is 20.0 Å². The number of benzene rings is 2. The highest BCUT2D eigenvalue weighted by molar-refractivity contribution is 6.30. The molecular weight excluding hydrogens is 550 g/mol. The first-order chi connectivity index (χ1) is 20.4. The Labute approximate surface area is 249 Å². The molecule has 0 saturated carbocycles. The van der Waals surface area contributed by atoms with E-state index in [2.05, 4.69) is 29.7 Å². The van der Waals surface area contributed by atoms with E-state index in [4.69, 9.17) is 21.3 Å². The van der Waals surface area contributed by atoms with Crippen molar-refractivity contribution in [2.45, 2.75) is 38.8 Å². The number of carbonyl (C=O) groups excluding carboxylic acids is 1. The number of pyridine rings is 1. The van der Waals surface area contributed by atoms with Gasteiger partial charge in [-0.1, -0.05) is 23.7 Å². The van der Waals surface area contributed by atoms with Crippen LogP contribution >= 0.6 is 11.6 Å². The fourth-order valence-corrected chi connectivity index (χ4v) is 5.37. The van der Waals surface area contributed by atoms with Crippen LogP contribution in [0.15, 0.2) is 73.2 Å². The summed E-state index contributed by atoms with van der Waals surface area (Å²) in [5.74, 6) is 2.15.